The fourth-order valence-corrected chi connectivity index (χ4v) is 6.23. The second kappa shape index (κ2) is 8.43. The molecule has 8 nitrogen and oxygen atoms in total. The van der Waals surface area contributed by atoms with Crippen molar-refractivity contribution >= 4 is 16.1 Å². The molecule has 190 valence electrons. The summed E-state index contributed by atoms with van der Waals surface area (Å²) in [5, 5.41) is 15.7. The molecule has 2 unspecified atom stereocenters. The standard InChI is InChI=1S/C20H28F4O8S/c1-13(9-31-5-3-2-4-19(21,22)20(23,24)33(28,29)30)15(25)32-18-8-14-6-16(26,11-18)10-17(27,7-14)12-18/h14,26-27H,1-12H2,(H,28,29,30)/p-1. The number of carbonyl (C=O) groups is 1. The van der Waals surface area contributed by atoms with E-state index in [0.29, 0.717) is 19.3 Å². The average Bonchev–Trinajstić information content (AvgIpc) is 2.59. The molecule has 4 bridgehead atoms. The van der Waals surface area contributed by atoms with Crippen LogP contribution in [0.1, 0.15) is 57.8 Å². The number of hydrogen-bond donors (Lipinski definition) is 2. The van der Waals surface area contributed by atoms with E-state index in [0.717, 1.165) is 0 Å². The van der Waals surface area contributed by atoms with Crippen LogP contribution in [0, 0.1) is 5.92 Å². The molecule has 0 aromatic rings. The van der Waals surface area contributed by atoms with E-state index in [1.54, 1.807) is 0 Å². The molecule has 4 fully saturated rings. The number of halogens is 4. The maximum atomic E-state index is 13.4. The Morgan fingerprint density at radius 2 is 1.64 bits per heavy atom. The lowest BCUT2D eigenvalue weighted by molar-refractivity contribution is -0.260. The largest absolute Gasteiger partial charge is 0.743 e. The molecule has 4 aliphatic carbocycles. The number of carbonyl (C=O) groups excluding carboxylic acids is 1. The van der Waals surface area contributed by atoms with Gasteiger partial charge in [-0.05, 0) is 38.0 Å². The minimum Gasteiger partial charge on any atom is -0.743 e. The Hall–Kier alpha value is -1.28. The van der Waals surface area contributed by atoms with Gasteiger partial charge in [-0.3, -0.25) is 0 Å². The van der Waals surface area contributed by atoms with E-state index >= 15 is 0 Å². The van der Waals surface area contributed by atoms with Crippen LogP contribution in [0.25, 0.3) is 0 Å². The molecule has 0 spiro atoms. The quantitative estimate of drug-likeness (QED) is 0.144. The van der Waals surface area contributed by atoms with Gasteiger partial charge in [0.2, 0.25) is 0 Å². The molecule has 0 amide bonds. The third-order valence-electron chi connectivity index (χ3n) is 6.60. The predicted octanol–water partition coefficient (Wildman–Crippen LogP) is 2.24. The Balaban J connectivity index is 1.41. The zero-order chi connectivity index (χ0) is 24.9. The zero-order valence-electron chi connectivity index (χ0n) is 17.8. The maximum absolute atomic E-state index is 13.4. The average molecular weight is 503 g/mol. The molecule has 0 saturated heterocycles. The second-order valence-electron chi connectivity index (χ2n) is 9.82. The van der Waals surface area contributed by atoms with Crippen molar-refractivity contribution in [3.8, 4) is 0 Å². The summed E-state index contributed by atoms with van der Waals surface area (Å²) in [6, 6.07) is 0. The molecular weight excluding hydrogens is 476 g/mol. The Kier molecular flexibility index (Phi) is 6.73. The first-order chi connectivity index (χ1) is 14.9. The lowest BCUT2D eigenvalue weighted by atomic mass is 9.50. The van der Waals surface area contributed by atoms with Crippen LogP contribution in [0.2, 0.25) is 0 Å². The summed E-state index contributed by atoms with van der Waals surface area (Å²) in [5.41, 5.74) is -3.26. The van der Waals surface area contributed by atoms with Gasteiger partial charge in [0.05, 0.1) is 23.4 Å². The van der Waals surface area contributed by atoms with Crippen LogP contribution in [0.5, 0.6) is 0 Å². The Morgan fingerprint density at radius 1 is 1.06 bits per heavy atom. The van der Waals surface area contributed by atoms with Crippen LogP contribution in [0.15, 0.2) is 12.2 Å². The van der Waals surface area contributed by atoms with Gasteiger partial charge in [-0.1, -0.05) is 6.58 Å². The highest BCUT2D eigenvalue weighted by atomic mass is 32.2. The van der Waals surface area contributed by atoms with E-state index in [1.807, 2.05) is 0 Å². The van der Waals surface area contributed by atoms with E-state index in [-0.39, 0.29) is 50.4 Å². The first-order valence-corrected chi connectivity index (χ1v) is 12.0. The number of hydrogen-bond acceptors (Lipinski definition) is 8. The summed E-state index contributed by atoms with van der Waals surface area (Å²) < 4.78 is 94.7. The van der Waals surface area contributed by atoms with E-state index in [2.05, 4.69) is 6.58 Å². The second-order valence-corrected chi connectivity index (χ2v) is 11.2. The van der Waals surface area contributed by atoms with E-state index in [9.17, 15) is 45.5 Å². The van der Waals surface area contributed by atoms with Gasteiger partial charge in [0.15, 0.2) is 10.1 Å². The molecule has 0 aromatic heterocycles. The van der Waals surface area contributed by atoms with Gasteiger partial charge < -0.3 is 24.2 Å². The van der Waals surface area contributed by atoms with Gasteiger partial charge in [-0.25, -0.2) is 13.2 Å². The van der Waals surface area contributed by atoms with Crippen molar-refractivity contribution in [2.75, 3.05) is 13.2 Å². The molecule has 0 aliphatic heterocycles. The topological polar surface area (TPSA) is 133 Å². The normalized spacial score (nSPS) is 33.8. The van der Waals surface area contributed by atoms with Crippen molar-refractivity contribution in [3.63, 3.8) is 0 Å². The Bertz CT molecular complexity index is 888. The number of unbranched alkanes of at least 4 members (excludes halogenated alkanes) is 1. The van der Waals surface area contributed by atoms with Gasteiger partial charge in [0.1, 0.15) is 5.60 Å². The lowest BCUT2D eigenvalue weighted by Gasteiger charge is -2.62. The summed E-state index contributed by atoms with van der Waals surface area (Å²) in [5.74, 6) is -5.76. The van der Waals surface area contributed by atoms with Crippen molar-refractivity contribution in [2.45, 2.75) is 85.8 Å². The fraction of sp³-hybridized carbons (Fsp3) is 0.850. The van der Waals surface area contributed by atoms with Crippen LogP contribution in [0.3, 0.4) is 0 Å². The van der Waals surface area contributed by atoms with E-state index in [4.69, 9.17) is 9.47 Å². The third-order valence-corrected chi connectivity index (χ3v) is 7.53. The van der Waals surface area contributed by atoms with Crippen LogP contribution >= 0.6 is 0 Å². The van der Waals surface area contributed by atoms with E-state index in [1.165, 1.54) is 0 Å². The van der Waals surface area contributed by atoms with Crippen LogP contribution in [-0.2, 0) is 24.4 Å². The number of ether oxygens (including phenoxy) is 2. The van der Waals surface area contributed by atoms with Crippen molar-refractivity contribution in [3.05, 3.63) is 12.2 Å². The number of esters is 1. The lowest BCUT2D eigenvalue weighted by Crippen LogP contribution is -2.67. The van der Waals surface area contributed by atoms with Gasteiger partial charge in [-0.15, -0.1) is 0 Å². The van der Waals surface area contributed by atoms with Gasteiger partial charge in [0, 0.05) is 32.3 Å². The first-order valence-electron chi connectivity index (χ1n) is 10.6. The predicted molar refractivity (Wildman–Crippen MR) is 103 cm³/mol. The minimum absolute atomic E-state index is 0.0377. The molecule has 4 aliphatic rings. The number of alkyl halides is 4. The SMILES string of the molecule is C=C(COCCCCC(F)(F)C(F)(F)S(=O)(=O)[O-])C(=O)OC12CC3CC(O)(CC(O)(C3)C1)C2. The number of aliphatic hydroxyl groups is 2. The molecule has 0 heterocycles. The molecule has 0 aromatic carbocycles. The molecule has 4 rings (SSSR count). The summed E-state index contributed by atoms with van der Waals surface area (Å²) in [4.78, 5) is 12.5. The van der Waals surface area contributed by atoms with E-state index < -0.39 is 56.9 Å². The summed E-state index contributed by atoms with van der Waals surface area (Å²) >= 11 is 0. The maximum Gasteiger partial charge on any atom is 0.396 e. The Morgan fingerprint density at radius 3 is 2.15 bits per heavy atom. The van der Waals surface area contributed by atoms with Crippen LogP contribution < -0.4 is 0 Å². The Labute approximate surface area is 188 Å². The smallest absolute Gasteiger partial charge is 0.396 e. The zero-order valence-corrected chi connectivity index (χ0v) is 18.6. The van der Waals surface area contributed by atoms with Crippen molar-refractivity contribution in [1.82, 2.24) is 0 Å². The molecule has 2 atom stereocenters. The highest BCUT2D eigenvalue weighted by Gasteiger charge is 2.64. The highest BCUT2D eigenvalue weighted by molar-refractivity contribution is 7.86. The molecule has 13 heteroatoms. The van der Waals surface area contributed by atoms with Crippen molar-refractivity contribution in [2.24, 2.45) is 5.92 Å². The highest BCUT2D eigenvalue weighted by Crippen LogP contribution is 2.60. The van der Waals surface area contributed by atoms with Gasteiger partial charge in [-0.2, -0.15) is 17.6 Å². The van der Waals surface area contributed by atoms with Crippen LogP contribution in [0.4, 0.5) is 17.6 Å². The summed E-state index contributed by atoms with van der Waals surface area (Å²) in [6.45, 7) is 3.02. The summed E-state index contributed by atoms with van der Waals surface area (Å²) in [6.07, 6.45) is 0.0294. The van der Waals surface area contributed by atoms with Crippen LogP contribution in [-0.4, -0.2) is 70.3 Å². The third kappa shape index (κ3) is 5.37. The first kappa shape index (κ1) is 26.3. The monoisotopic (exact) mass is 503 g/mol. The molecule has 2 N–H and O–H groups in total. The minimum atomic E-state index is -6.51. The van der Waals surface area contributed by atoms with Crippen molar-refractivity contribution in [1.29, 1.82) is 0 Å². The molecule has 0 radical (unpaired) electrons. The summed E-state index contributed by atoms with van der Waals surface area (Å²) in [7, 11) is -6.51. The molecule has 4 saturated carbocycles. The fourth-order valence-electron chi connectivity index (χ4n) is 5.77. The van der Waals surface area contributed by atoms with Crippen molar-refractivity contribution < 1.29 is 55.0 Å². The molecule has 33 heavy (non-hydrogen) atoms. The van der Waals surface area contributed by atoms with Gasteiger partial charge >= 0.3 is 17.1 Å². The molecular formula is C20H27F4O8S-. The number of rotatable bonds is 11. The van der Waals surface area contributed by atoms with Gasteiger partial charge in [0.25, 0.3) is 0 Å².